The van der Waals surface area contributed by atoms with Crippen LogP contribution in [0, 0.1) is 0 Å². The second-order valence-corrected chi connectivity index (χ2v) is 4.29. The number of rotatable bonds is 4. The summed E-state index contributed by atoms with van der Waals surface area (Å²) in [4.78, 5) is 4.08. The van der Waals surface area contributed by atoms with Crippen molar-refractivity contribution in [1.82, 2.24) is 9.36 Å². The lowest BCUT2D eigenvalue weighted by atomic mass is 10.00. The predicted molar refractivity (Wildman–Crippen MR) is 52.5 cm³/mol. The van der Waals surface area contributed by atoms with Crippen LogP contribution in [-0.2, 0) is 0 Å². The Morgan fingerprint density at radius 2 is 2.33 bits per heavy atom. The molecule has 0 aromatic carbocycles. The summed E-state index contributed by atoms with van der Waals surface area (Å²) >= 11 is 1.40. The molecule has 0 radical (unpaired) electrons. The molecule has 12 heavy (non-hydrogen) atoms. The van der Waals surface area contributed by atoms with Crippen LogP contribution in [0.25, 0.3) is 0 Å². The van der Waals surface area contributed by atoms with Crippen LogP contribution >= 0.6 is 11.5 Å². The summed E-state index contributed by atoms with van der Waals surface area (Å²) in [6, 6.07) is 0. The largest absolute Gasteiger partial charge is 0.355 e. The highest BCUT2D eigenvalue weighted by Gasteiger charge is 2.16. The minimum absolute atomic E-state index is 0.133. The summed E-state index contributed by atoms with van der Waals surface area (Å²) in [5, 5.41) is 4.25. The Balaban J connectivity index is 2.50. The van der Waals surface area contributed by atoms with Crippen molar-refractivity contribution in [3.8, 4) is 0 Å². The molecule has 0 fully saturated rings. The Labute approximate surface area is 77.4 Å². The van der Waals surface area contributed by atoms with Gasteiger partial charge in [-0.3, -0.25) is 0 Å². The van der Waals surface area contributed by atoms with Crippen LogP contribution in [0.2, 0.25) is 0 Å². The lowest BCUT2D eigenvalue weighted by Gasteiger charge is -2.24. The van der Waals surface area contributed by atoms with Gasteiger partial charge in [0.2, 0.25) is 5.13 Å². The average molecular weight is 185 g/mol. The smallest absolute Gasteiger partial charge is 0.202 e. The third-order valence-corrected chi connectivity index (χ3v) is 2.26. The molecule has 3 nitrogen and oxygen atoms in total. The molecule has 0 amide bonds. The molecule has 0 aliphatic rings. The van der Waals surface area contributed by atoms with E-state index < -0.39 is 0 Å². The molecule has 0 aliphatic heterocycles. The molecule has 1 aromatic rings. The quantitative estimate of drug-likeness (QED) is 0.783. The van der Waals surface area contributed by atoms with Gasteiger partial charge in [0, 0.05) is 17.1 Å². The van der Waals surface area contributed by atoms with Crippen LogP contribution in [0.15, 0.2) is 6.33 Å². The molecule has 4 heteroatoms. The lowest BCUT2D eigenvalue weighted by Crippen LogP contribution is -2.30. The van der Waals surface area contributed by atoms with Gasteiger partial charge in [-0.25, -0.2) is 4.98 Å². The van der Waals surface area contributed by atoms with Gasteiger partial charge in [0.1, 0.15) is 6.33 Å². The normalized spacial score (nSPS) is 11.6. The number of hydrogen-bond donors (Lipinski definition) is 1. The Kier molecular flexibility index (Phi) is 3.03. The summed E-state index contributed by atoms with van der Waals surface area (Å²) in [6.45, 7) is 6.54. The van der Waals surface area contributed by atoms with Crippen LogP contribution in [0.1, 0.15) is 33.6 Å². The van der Waals surface area contributed by atoms with Crippen LogP contribution < -0.4 is 5.32 Å². The van der Waals surface area contributed by atoms with Crippen molar-refractivity contribution in [1.29, 1.82) is 0 Å². The molecular formula is C8H15N3S. The average Bonchev–Trinajstić information content (AvgIpc) is 2.38. The Morgan fingerprint density at radius 3 is 2.83 bits per heavy atom. The zero-order valence-electron chi connectivity index (χ0n) is 7.79. The third kappa shape index (κ3) is 2.77. The molecule has 0 bridgehead atoms. The first-order valence-electron chi connectivity index (χ1n) is 4.19. The first-order chi connectivity index (χ1) is 5.64. The minimum Gasteiger partial charge on any atom is -0.355 e. The van der Waals surface area contributed by atoms with Gasteiger partial charge in [0.25, 0.3) is 0 Å². The Bertz CT molecular complexity index is 218. The molecule has 1 aromatic heterocycles. The minimum atomic E-state index is 0.133. The van der Waals surface area contributed by atoms with E-state index in [4.69, 9.17) is 0 Å². The van der Waals surface area contributed by atoms with Gasteiger partial charge in [0.15, 0.2) is 0 Å². The lowest BCUT2D eigenvalue weighted by molar-refractivity contribution is 0.510. The second-order valence-electron chi connectivity index (χ2n) is 3.51. The molecular weight excluding hydrogens is 170 g/mol. The van der Waals surface area contributed by atoms with E-state index in [1.165, 1.54) is 18.0 Å². The highest BCUT2D eigenvalue weighted by molar-refractivity contribution is 7.09. The first kappa shape index (κ1) is 9.45. The molecule has 0 unspecified atom stereocenters. The van der Waals surface area contributed by atoms with Crippen molar-refractivity contribution in [3.63, 3.8) is 0 Å². The monoisotopic (exact) mass is 185 g/mol. The summed E-state index contributed by atoms with van der Waals surface area (Å²) in [7, 11) is 0. The SMILES string of the molecule is CCCC(C)(C)Nc1ncns1. The van der Waals surface area contributed by atoms with E-state index in [1.54, 1.807) is 6.33 Å². The standard InChI is InChI=1S/C8H15N3S/c1-4-5-8(2,3)11-7-9-6-10-12-7/h6H,4-5H2,1-3H3,(H,9,10,11). The van der Waals surface area contributed by atoms with E-state index in [1.807, 2.05) is 0 Å². The van der Waals surface area contributed by atoms with E-state index in [2.05, 4.69) is 35.4 Å². The van der Waals surface area contributed by atoms with Gasteiger partial charge in [-0.2, -0.15) is 4.37 Å². The number of anilines is 1. The number of nitrogens with one attached hydrogen (secondary N) is 1. The molecule has 0 aliphatic carbocycles. The summed E-state index contributed by atoms with van der Waals surface area (Å²) < 4.78 is 3.93. The number of aromatic nitrogens is 2. The highest BCUT2D eigenvalue weighted by atomic mass is 32.1. The fourth-order valence-electron chi connectivity index (χ4n) is 1.21. The first-order valence-corrected chi connectivity index (χ1v) is 4.96. The fourth-order valence-corrected chi connectivity index (χ4v) is 1.82. The molecule has 0 spiro atoms. The third-order valence-electron chi connectivity index (χ3n) is 1.68. The van der Waals surface area contributed by atoms with E-state index in [9.17, 15) is 0 Å². The Morgan fingerprint density at radius 1 is 1.58 bits per heavy atom. The van der Waals surface area contributed by atoms with Crippen molar-refractivity contribution in [2.45, 2.75) is 39.2 Å². The molecule has 1 rings (SSSR count). The molecule has 0 saturated heterocycles. The van der Waals surface area contributed by atoms with E-state index in [0.717, 1.165) is 11.6 Å². The zero-order chi connectivity index (χ0) is 9.03. The topological polar surface area (TPSA) is 37.8 Å². The maximum Gasteiger partial charge on any atom is 0.202 e. The van der Waals surface area contributed by atoms with Crippen LogP contribution in [0.3, 0.4) is 0 Å². The van der Waals surface area contributed by atoms with Crippen molar-refractivity contribution in [2.24, 2.45) is 0 Å². The van der Waals surface area contributed by atoms with Gasteiger partial charge in [-0.05, 0) is 20.3 Å². The zero-order valence-corrected chi connectivity index (χ0v) is 8.61. The maximum atomic E-state index is 4.08. The molecule has 1 heterocycles. The van der Waals surface area contributed by atoms with Gasteiger partial charge < -0.3 is 5.32 Å². The van der Waals surface area contributed by atoms with Gasteiger partial charge in [-0.15, -0.1) is 0 Å². The molecule has 68 valence electrons. The molecule has 1 N–H and O–H groups in total. The second kappa shape index (κ2) is 3.85. The van der Waals surface area contributed by atoms with Crippen molar-refractivity contribution in [3.05, 3.63) is 6.33 Å². The highest BCUT2D eigenvalue weighted by Crippen LogP contribution is 2.19. The van der Waals surface area contributed by atoms with E-state index >= 15 is 0 Å². The summed E-state index contributed by atoms with van der Waals surface area (Å²) in [5.41, 5.74) is 0.133. The van der Waals surface area contributed by atoms with Gasteiger partial charge in [0.05, 0.1) is 0 Å². The number of hydrogen-bond acceptors (Lipinski definition) is 4. The van der Waals surface area contributed by atoms with Crippen molar-refractivity contribution in [2.75, 3.05) is 5.32 Å². The summed E-state index contributed by atoms with van der Waals surface area (Å²) in [5.74, 6) is 0. The van der Waals surface area contributed by atoms with Crippen molar-refractivity contribution < 1.29 is 0 Å². The van der Waals surface area contributed by atoms with E-state index in [0.29, 0.717) is 0 Å². The fraction of sp³-hybridized carbons (Fsp3) is 0.750. The summed E-state index contributed by atoms with van der Waals surface area (Å²) in [6.07, 6.45) is 3.90. The molecule has 0 atom stereocenters. The maximum absolute atomic E-state index is 4.08. The van der Waals surface area contributed by atoms with Crippen molar-refractivity contribution >= 4 is 16.7 Å². The van der Waals surface area contributed by atoms with Crippen LogP contribution in [-0.4, -0.2) is 14.9 Å². The number of nitrogens with zero attached hydrogens (tertiary/aromatic N) is 2. The van der Waals surface area contributed by atoms with Gasteiger partial charge >= 0.3 is 0 Å². The predicted octanol–water partition coefficient (Wildman–Crippen LogP) is 2.53. The van der Waals surface area contributed by atoms with Crippen LogP contribution in [0.4, 0.5) is 5.13 Å². The van der Waals surface area contributed by atoms with E-state index in [-0.39, 0.29) is 5.54 Å². The van der Waals surface area contributed by atoms with Crippen LogP contribution in [0.5, 0.6) is 0 Å². The Hall–Kier alpha value is -0.640. The van der Waals surface area contributed by atoms with Gasteiger partial charge in [-0.1, -0.05) is 13.3 Å². The molecule has 0 saturated carbocycles.